The van der Waals surface area contributed by atoms with Gasteiger partial charge in [0.1, 0.15) is 0 Å². The summed E-state index contributed by atoms with van der Waals surface area (Å²) in [5, 5.41) is 19.7. The zero-order valence-electron chi connectivity index (χ0n) is 19.0. The Morgan fingerprint density at radius 1 is 1.00 bits per heavy atom. The number of esters is 2. The van der Waals surface area contributed by atoms with Crippen LogP contribution < -0.4 is 0 Å². The van der Waals surface area contributed by atoms with Crippen LogP contribution in [-0.4, -0.2) is 71.2 Å². The van der Waals surface area contributed by atoms with Crippen molar-refractivity contribution in [2.24, 2.45) is 5.41 Å². The van der Waals surface area contributed by atoms with Crippen LogP contribution in [0.3, 0.4) is 0 Å². The summed E-state index contributed by atoms with van der Waals surface area (Å²) in [5.74, 6) is -1.85. The summed E-state index contributed by atoms with van der Waals surface area (Å²) in [4.78, 5) is 25.5. The summed E-state index contributed by atoms with van der Waals surface area (Å²) in [6.45, 7) is 8.61. The second-order valence-corrected chi connectivity index (χ2v) is 10.2. The fourth-order valence-corrected chi connectivity index (χ4v) is 4.58. The Morgan fingerprint density at radius 3 is 2.03 bits per heavy atom. The van der Waals surface area contributed by atoms with Crippen molar-refractivity contribution in [1.29, 1.82) is 0 Å². The molecule has 31 heavy (non-hydrogen) atoms. The molecule has 0 saturated heterocycles. The lowest BCUT2D eigenvalue weighted by Crippen LogP contribution is -2.42. The van der Waals surface area contributed by atoms with Crippen molar-refractivity contribution in [2.75, 3.05) is 25.6 Å². The van der Waals surface area contributed by atoms with E-state index >= 15 is 0 Å². The molecule has 0 amide bonds. The van der Waals surface area contributed by atoms with Crippen LogP contribution in [0, 0.1) is 5.41 Å². The maximum Gasteiger partial charge on any atom is 0.323 e. The molecule has 1 heterocycles. The van der Waals surface area contributed by atoms with Crippen LogP contribution in [0.1, 0.15) is 66.7 Å². The van der Waals surface area contributed by atoms with Crippen LogP contribution in [0.15, 0.2) is 5.16 Å². The van der Waals surface area contributed by atoms with Crippen molar-refractivity contribution in [3.05, 3.63) is 0 Å². The predicted molar refractivity (Wildman–Crippen MR) is 111 cm³/mol. The minimum absolute atomic E-state index is 0.00388. The van der Waals surface area contributed by atoms with Gasteiger partial charge in [0.25, 0.3) is 5.16 Å². The second kappa shape index (κ2) is 11.5. The Kier molecular flexibility index (Phi) is 10.0. The van der Waals surface area contributed by atoms with Gasteiger partial charge in [-0.05, 0) is 77.1 Å². The third-order valence-electron chi connectivity index (χ3n) is 4.72. The third-order valence-corrected chi connectivity index (χ3v) is 6.35. The van der Waals surface area contributed by atoms with E-state index in [9.17, 15) is 18.0 Å². The van der Waals surface area contributed by atoms with E-state index in [4.69, 9.17) is 14.6 Å². The first-order valence-corrected chi connectivity index (χ1v) is 12.1. The maximum absolute atomic E-state index is 12.9. The van der Waals surface area contributed by atoms with Gasteiger partial charge in [-0.3, -0.25) is 9.59 Å². The average Bonchev–Trinajstić information content (AvgIpc) is 3.18. The van der Waals surface area contributed by atoms with E-state index in [-0.39, 0.29) is 50.0 Å². The molecule has 0 aliphatic carbocycles. The molecule has 0 spiro atoms. The number of aliphatic hydroxyl groups is 1. The molecule has 0 aliphatic rings. The molecule has 0 aromatic carbocycles. The van der Waals surface area contributed by atoms with Crippen molar-refractivity contribution >= 4 is 21.8 Å². The quantitative estimate of drug-likeness (QED) is 0.258. The van der Waals surface area contributed by atoms with Crippen LogP contribution in [-0.2, 0) is 34.4 Å². The number of sulfone groups is 1. The van der Waals surface area contributed by atoms with Gasteiger partial charge in [0.15, 0.2) is 5.41 Å². The van der Waals surface area contributed by atoms with Crippen LogP contribution >= 0.6 is 0 Å². The van der Waals surface area contributed by atoms with Gasteiger partial charge in [-0.25, -0.2) is 13.1 Å². The molecule has 11 nitrogen and oxygen atoms in total. The van der Waals surface area contributed by atoms with Crippen molar-refractivity contribution in [3.8, 4) is 0 Å². The number of rotatable bonds is 13. The molecule has 0 bridgehead atoms. The van der Waals surface area contributed by atoms with Crippen molar-refractivity contribution in [3.63, 3.8) is 0 Å². The van der Waals surface area contributed by atoms with Crippen LogP contribution in [0.5, 0.6) is 0 Å². The summed E-state index contributed by atoms with van der Waals surface area (Å²) in [6, 6.07) is 0. The highest BCUT2D eigenvalue weighted by Gasteiger charge is 2.48. The molecule has 0 aliphatic heterocycles. The Hall–Kier alpha value is -2.08. The summed E-state index contributed by atoms with van der Waals surface area (Å²) in [7, 11) is -3.87. The molecule has 1 aromatic heterocycles. The fourth-order valence-electron chi connectivity index (χ4n) is 3.14. The molecule has 0 fully saturated rings. The van der Waals surface area contributed by atoms with Crippen LogP contribution in [0.2, 0.25) is 0 Å². The maximum atomic E-state index is 12.9. The molecule has 0 saturated carbocycles. The highest BCUT2D eigenvalue weighted by atomic mass is 32.2. The fraction of sp³-hybridized carbons (Fsp3) is 0.842. The van der Waals surface area contributed by atoms with Gasteiger partial charge >= 0.3 is 11.9 Å². The molecule has 0 unspecified atom stereocenters. The number of tetrazole rings is 1. The Balaban J connectivity index is 3.13. The number of unbranched alkanes of at least 4 members (excludes halogenated alkanes) is 1. The van der Waals surface area contributed by atoms with Gasteiger partial charge in [-0.1, -0.05) is 5.10 Å². The minimum atomic E-state index is -3.87. The number of hydrogen-bond donors (Lipinski definition) is 1. The average molecular weight is 463 g/mol. The molecule has 12 heteroatoms. The number of nitrogens with zero attached hydrogens (tertiary/aromatic N) is 4. The molecule has 0 radical (unpaired) electrons. The van der Waals surface area contributed by atoms with Gasteiger partial charge in [0, 0.05) is 6.61 Å². The lowest BCUT2D eigenvalue weighted by atomic mass is 9.78. The van der Waals surface area contributed by atoms with Crippen LogP contribution in [0.25, 0.3) is 0 Å². The number of aliphatic hydroxyl groups excluding tert-OH is 1. The number of carbonyl (C=O) groups is 2. The van der Waals surface area contributed by atoms with Gasteiger partial charge in [0.2, 0.25) is 9.84 Å². The molecule has 1 aromatic rings. The van der Waals surface area contributed by atoms with Crippen molar-refractivity contribution in [1.82, 2.24) is 20.2 Å². The number of carbonyl (C=O) groups excluding carboxylic acids is 2. The van der Waals surface area contributed by atoms with E-state index in [1.54, 1.807) is 34.6 Å². The van der Waals surface area contributed by atoms with E-state index in [0.717, 1.165) is 0 Å². The molecule has 1 rings (SSSR count). The Bertz CT molecular complexity index is 813. The summed E-state index contributed by atoms with van der Waals surface area (Å²) in [6.07, 6.45) is 0.774. The normalized spacial score (nSPS) is 12.6. The zero-order valence-corrected chi connectivity index (χ0v) is 19.8. The first kappa shape index (κ1) is 27.0. The Labute approximate surface area is 183 Å². The molecular formula is C19H34N4O7S. The molecular weight excluding hydrogens is 428 g/mol. The van der Waals surface area contributed by atoms with E-state index < -0.39 is 32.7 Å². The third kappa shape index (κ3) is 6.96. The Morgan fingerprint density at radius 2 is 1.55 bits per heavy atom. The van der Waals surface area contributed by atoms with Crippen molar-refractivity contribution < 1.29 is 32.6 Å². The monoisotopic (exact) mass is 462 g/mol. The van der Waals surface area contributed by atoms with E-state index in [0.29, 0.717) is 12.8 Å². The van der Waals surface area contributed by atoms with Gasteiger partial charge in [-0.2, -0.15) is 0 Å². The lowest BCUT2D eigenvalue weighted by Gasteiger charge is -2.29. The predicted octanol–water partition coefficient (Wildman–Crippen LogP) is 1.26. The highest BCUT2D eigenvalue weighted by molar-refractivity contribution is 7.91. The largest absolute Gasteiger partial charge is 0.465 e. The first-order valence-electron chi connectivity index (χ1n) is 10.4. The minimum Gasteiger partial charge on any atom is -0.465 e. The highest BCUT2D eigenvalue weighted by Crippen LogP contribution is 2.35. The topological polar surface area (TPSA) is 151 Å². The lowest BCUT2D eigenvalue weighted by molar-refractivity contribution is -0.173. The number of ether oxygens (including phenoxy) is 2. The standard InChI is InChI=1S/C19H34N4O7S/c1-6-29-15(25)19(11-8-9-13-24,16(26)30-7-2)12-10-14-31(27,28)17-20-21-22-23(17)18(3,4)5/h24H,6-14H2,1-5H3. The van der Waals surface area contributed by atoms with Gasteiger partial charge < -0.3 is 14.6 Å². The summed E-state index contributed by atoms with van der Waals surface area (Å²) in [5.41, 5.74) is -2.28. The van der Waals surface area contributed by atoms with Crippen molar-refractivity contribution in [2.45, 2.75) is 77.4 Å². The van der Waals surface area contributed by atoms with Gasteiger partial charge in [0.05, 0.1) is 24.5 Å². The zero-order chi connectivity index (χ0) is 23.7. The number of aromatic nitrogens is 4. The van der Waals surface area contributed by atoms with Gasteiger partial charge in [-0.15, -0.1) is 0 Å². The molecule has 0 atom stereocenters. The molecule has 178 valence electrons. The summed E-state index contributed by atoms with van der Waals surface area (Å²) >= 11 is 0. The smallest absolute Gasteiger partial charge is 0.323 e. The SMILES string of the molecule is CCOC(=O)C(CCCCO)(CCCS(=O)(=O)c1nnnn1C(C)(C)C)C(=O)OCC. The van der Waals surface area contributed by atoms with E-state index in [1.807, 2.05) is 0 Å². The van der Waals surface area contributed by atoms with E-state index in [2.05, 4.69) is 15.5 Å². The second-order valence-electron chi connectivity index (χ2n) is 8.17. The summed E-state index contributed by atoms with van der Waals surface area (Å²) < 4.78 is 37.2. The van der Waals surface area contributed by atoms with E-state index in [1.165, 1.54) is 4.68 Å². The molecule has 1 N–H and O–H groups in total. The first-order chi connectivity index (χ1) is 14.5. The number of hydrogen-bond acceptors (Lipinski definition) is 10. The van der Waals surface area contributed by atoms with Crippen LogP contribution in [0.4, 0.5) is 0 Å².